The Bertz CT molecular complexity index is 1560. The number of nitrogens with zero attached hydrogens (tertiary/aromatic N) is 3. The minimum atomic E-state index is -0.479. The van der Waals surface area contributed by atoms with Gasteiger partial charge in [-0.2, -0.15) is 0 Å². The van der Waals surface area contributed by atoms with E-state index in [-0.39, 0.29) is 23.7 Å². The summed E-state index contributed by atoms with van der Waals surface area (Å²) in [7, 11) is 3.23. The second-order valence-electron chi connectivity index (χ2n) is 12.8. The van der Waals surface area contributed by atoms with Gasteiger partial charge >= 0.3 is 0 Å². The van der Waals surface area contributed by atoms with Crippen LogP contribution in [0.5, 0.6) is 11.5 Å². The fourth-order valence-corrected chi connectivity index (χ4v) is 6.84. The Morgan fingerprint density at radius 2 is 1.59 bits per heavy atom. The fourth-order valence-electron chi connectivity index (χ4n) is 6.84. The molecule has 230 valence electrons. The van der Waals surface area contributed by atoms with E-state index in [1.54, 1.807) is 14.2 Å². The molecule has 0 radical (unpaired) electrons. The van der Waals surface area contributed by atoms with Crippen LogP contribution >= 0.6 is 0 Å². The molecule has 1 fully saturated rings. The highest BCUT2D eigenvalue weighted by Gasteiger charge is 2.42. The van der Waals surface area contributed by atoms with Crippen LogP contribution in [0, 0.1) is 5.41 Å². The van der Waals surface area contributed by atoms with Crippen molar-refractivity contribution in [2.24, 2.45) is 5.41 Å². The normalized spacial score (nSPS) is 19.9. The van der Waals surface area contributed by atoms with Crippen molar-refractivity contribution in [3.8, 4) is 11.5 Å². The Morgan fingerprint density at radius 3 is 2.32 bits per heavy atom. The molecule has 3 aliphatic rings. The van der Waals surface area contributed by atoms with Crippen LogP contribution in [0.1, 0.15) is 43.9 Å². The molecule has 1 amide bonds. The summed E-state index contributed by atoms with van der Waals surface area (Å²) in [6.45, 7) is 8.27. The van der Waals surface area contributed by atoms with Gasteiger partial charge in [0.2, 0.25) is 5.91 Å². The highest BCUT2D eigenvalue weighted by atomic mass is 16.5. The molecule has 44 heavy (non-hydrogen) atoms. The van der Waals surface area contributed by atoms with Gasteiger partial charge in [0, 0.05) is 50.4 Å². The number of ketones is 1. The summed E-state index contributed by atoms with van der Waals surface area (Å²) in [6.07, 6.45) is 1.18. The van der Waals surface area contributed by atoms with Gasteiger partial charge in [0.1, 0.15) is 0 Å². The first-order valence-corrected chi connectivity index (χ1v) is 15.4. The van der Waals surface area contributed by atoms with Crippen molar-refractivity contribution < 1.29 is 19.1 Å². The number of anilines is 2. The van der Waals surface area contributed by atoms with E-state index in [0.717, 1.165) is 48.7 Å². The van der Waals surface area contributed by atoms with Crippen molar-refractivity contribution in [2.75, 3.05) is 57.2 Å². The molecule has 8 heteroatoms. The van der Waals surface area contributed by atoms with Crippen LogP contribution in [-0.4, -0.2) is 68.4 Å². The summed E-state index contributed by atoms with van der Waals surface area (Å²) < 4.78 is 11.2. The third-order valence-corrected chi connectivity index (χ3v) is 9.01. The molecule has 3 aromatic carbocycles. The monoisotopic (exact) mass is 594 g/mol. The number of allylic oxidation sites excluding steroid dienone is 1. The zero-order valence-electron chi connectivity index (χ0n) is 26.1. The molecule has 1 atom stereocenters. The molecule has 2 heterocycles. The SMILES string of the molecule is COc1ccc(C2C3=C(CC(C)(C)CC3=O)Nc3ccccc3N2CC(=O)N2CCN(Cc3ccccc3)CC2)cc1OC. The summed E-state index contributed by atoms with van der Waals surface area (Å²) in [5, 5.41) is 3.64. The Kier molecular flexibility index (Phi) is 8.36. The molecular formula is C36H42N4O4. The third-order valence-electron chi connectivity index (χ3n) is 9.01. The second kappa shape index (κ2) is 12.4. The number of carbonyl (C=O) groups is 2. The van der Waals surface area contributed by atoms with Crippen LogP contribution in [0.4, 0.5) is 11.4 Å². The van der Waals surface area contributed by atoms with Crippen LogP contribution in [0.15, 0.2) is 84.1 Å². The standard InChI is InChI=1S/C36H42N4O4/c1-36(2)21-28-34(30(41)22-36)35(26-14-15-31(43-3)32(20-26)44-4)40(29-13-9-8-12-27(29)37-28)24-33(42)39-18-16-38(17-19-39)23-25-10-6-5-7-11-25/h5-15,20,35,37H,16-19,21-24H2,1-4H3. The molecule has 1 aliphatic carbocycles. The molecule has 0 saturated carbocycles. The van der Waals surface area contributed by atoms with E-state index in [2.05, 4.69) is 53.2 Å². The molecule has 1 N–H and O–H groups in total. The predicted molar refractivity (Wildman–Crippen MR) is 173 cm³/mol. The van der Waals surface area contributed by atoms with Gasteiger partial charge in [0.25, 0.3) is 0 Å². The summed E-state index contributed by atoms with van der Waals surface area (Å²) in [5.41, 5.74) is 5.41. The number of nitrogens with one attached hydrogen (secondary N) is 1. The van der Waals surface area contributed by atoms with E-state index in [1.807, 2.05) is 53.4 Å². The zero-order valence-corrected chi connectivity index (χ0v) is 26.1. The molecule has 1 unspecified atom stereocenters. The maximum absolute atomic E-state index is 14.1. The first-order chi connectivity index (χ1) is 21.3. The molecule has 6 rings (SSSR count). The number of benzene rings is 3. The number of ether oxygens (including phenoxy) is 2. The van der Waals surface area contributed by atoms with E-state index in [9.17, 15) is 9.59 Å². The van der Waals surface area contributed by atoms with Gasteiger partial charge in [-0.1, -0.05) is 62.4 Å². The lowest BCUT2D eigenvalue weighted by atomic mass is 9.73. The minimum absolute atomic E-state index is 0.0530. The molecule has 2 aliphatic heterocycles. The van der Waals surface area contributed by atoms with Crippen molar-refractivity contribution in [3.05, 3.63) is 95.2 Å². The van der Waals surface area contributed by atoms with Gasteiger partial charge in [-0.05, 0) is 47.2 Å². The number of fused-ring (bicyclic) bond motifs is 1. The molecule has 0 bridgehead atoms. The molecule has 0 spiro atoms. The van der Waals surface area contributed by atoms with Crippen LogP contribution < -0.4 is 19.7 Å². The minimum Gasteiger partial charge on any atom is -0.493 e. The Labute approximate surface area is 260 Å². The predicted octanol–water partition coefficient (Wildman–Crippen LogP) is 5.66. The number of methoxy groups -OCH3 is 2. The Balaban J connectivity index is 1.35. The van der Waals surface area contributed by atoms with E-state index in [0.29, 0.717) is 36.6 Å². The summed E-state index contributed by atoms with van der Waals surface area (Å²) in [4.78, 5) is 34.6. The van der Waals surface area contributed by atoms with E-state index in [4.69, 9.17) is 9.47 Å². The largest absolute Gasteiger partial charge is 0.493 e. The number of para-hydroxylation sites is 2. The number of rotatable bonds is 7. The van der Waals surface area contributed by atoms with Crippen LogP contribution in [0.2, 0.25) is 0 Å². The lowest BCUT2D eigenvalue weighted by Gasteiger charge is -2.40. The Hall–Kier alpha value is -4.30. The van der Waals surface area contributed by atoms with Crippen LogP contribution in [0.25, 0.3) is 0 Å². The van der Waals surface area contributed by atoms with E-state index < -0.39 is 6.04 Å². The first kappa shape index (κ1) is 29.8. The van der Waals surface area contributed by atoms with Gasteiger partial charge in [-0.3, -0.25) is 14.5 Å². The smallest absolute Gasteiger partial charge is 0.242 e. The quantitative estimate of drug-likeness (QED) is 0.378. The van der Waals surface area contributed by atoms with Gasteiger partial charge in [-0.15, -0.1) is 0 Å². The lowest BCUT2D eigenvalue weighted by molar-refractivity contribution is -0.131. The van der Waals surface area contributed by atoms with Crippen molar-refractivity contribution in [2.45, 2.75) is 39.3 Å². The lowest BCUT2D eigenvalue weighted by Crippen LogP contribution is -2.51. The molecule has 0 aromatic heterocycles. The van der Waals surface area contributed by atoms with Crippen molar-refractivity contribution in [1.82, 2.24) is 9.80 Å². The molecular weight excluding hydrogens is 552 g/mol. The summed E-state index contributed by atoms with van der Waals surface area (Å²) >= 11 is 0. The summed E-state index contributed by atoms with van der Waals surface area (Å²) in [5.74, 6) is 1.35. The number of Topliss-reactive ketones (excluding diaryl/α,β-unsaturated/α-hetero) is 1. The second-order valence-corrected chi connectivity index (χ2v) is 12.8. The van der Waals surface area contributed by atoms with Gasteiger partial charge < -0.3 is 24.6 Å². The van der Waals surface area contributed by atoms with Crippen LogP contribution in [-0.2, 0) is 16.1 Å². The maximum Gasteiger partial charge on any atom is 0.242 e. The van der Waals surface area contributed by atoms with Gasteiger partial charge in [0.05, 0.1) is 38.2 Å². The van der Waals surface area contributed by atoms with Crippen molar-refractivity contribution in [3.63, 3.8) is 0 Å². The van der Waals surface area contributed by atoms with Crippen LogP contribution in [0.3, 0.4) is 0 Å². The third kappa shape index (κ3) is 6.04. The van der Waals surface area contributed by atoms with Crippen molar-refractivity contribution in [1.29, 1.82) is 0 Å². The van der Waals surface area contributed by atoms with Gasteiger partial charge in [0.15, 0.2) is 17.3 Å². The van der Waals surface area contributed by atoms with E-state index in [1.165, 1.54) is 5.56 Å². The highest BCUT2D eigenvalue weighted by Crippen LogP contribution is 2.49. The topological polar surface area (TPSA) is 74.4 Å². The average molecular weight is 595 g/mol. The van der Waals surface area contributed by atoms with Crippen molar-refractivity contribution >= 4 is 23.1 Å². The molecule has 1 saturated heterocycles. The number of piperazine rings is 1. The maximum atomic E-state index is 14.1. The fraction of sp³-hybridized carbons (Fsp3) is 0.389. The molecule has 3 aromatic rings. The number of amides is 1. The number of hydrogen-bond donors (Lipinski definition) is 1. The number of carbonyl (C=O) groups excluding carboxylic acids is 2. The zero-order chi connectivity index (χ0) is 30.8. The highest BCUT2D eigenvalue weighted by molar-refractivity contribution is 6.02. The average Bonchev–Trinajstić information content (AvgIpc) is 3.15. The number of hydrogen-bond acceptors (Lipinski definition) is 7. The molecule has 8 nitrogen and oxygen atoms in total. The first-order valence-electron chi connectivity index (χ1n) is 15.4. The van der Waals surface area contributed by atoms with Gasteiger partial charge in [-0.25, -0.2) is 0 Å². The Morgan fingerprint density at radius 1 is 0.886 bits per heavy atom. The van der Waals surface area contributed by atoms with E-state index >= 15 is 0 Å². The summed E-state index contributed by atoms with van der Waals surface area (Å²) in [6, 6.07) is 23.8.